The van der Waals surface area contributed by atoms with Crippen molar-refractivity contribution in [3.63, 3.8) is 0 Å². The zero-order valence-electron chi connectivity index (χ0n) is 16.4. The predicted molar refractivity (Wildman–Crippen MR) is 118 cm³/mol. The summed E-state index contributed by atoms with van der Waals surface area (Å²) in [6, 6.07) is 14.4. The van der Waals surface area contributed by atoms with Crippen LogP contribution < -0.4 is 5.43 Å². The second kappa shape index (κ2) is 7.89. The molecule has 1 amide bonds. The molecule has 0 atom stereocenters. The highest BCUT2D eigenvalue weighted by Gasteiger charge is 2.26. The average Bonchev–Trinajstić information content (AvgIpc) is 3.22. The summed E-state index contributed by atoms with van der Waals surface area (Å²) >= 11 is 5.96. The van der Waals surface area contributed by atoms with E-state index in [9.17, 15) is 9.59 Å². The zero-order chi connectivity index (χ0) is 21.4. The van der Waals surface area contributed by atoms with Crippen molar-refractivity contribution in [3.05, 3.63) is 92.9 Å². The molecule has 1 aliphatic heterocycles. The van der Waals surface area contributed by atoms with Gasteiger partial charge in [-0.25, -0.2) is 0 Å². The summed E-state index contributed by atoms with van der Waals surface area (Å²) in [5.41, 5.74) is 3.32. The molecular weight excluding hydrogens is 416 g/mol. The Labute approximate surface area is 182 Å². The lowest BCUT2D eigenvalue weighted by atomic mass is 10.0. The van der Waals surface area contributed by atoms with Crippen LogP contribution in [0, 0.1) is 0 Å². The van der Waals surface area contributed by atoms with Crippen LogP contribution in [0.15, 0.2) is 74.6 Å². The molecule has 0 radical (unpaired) electrons. The maximum absolute atomic E-state index is 12.7. The summed E-state index contributed by atoms with van der Waals surface area (Å²) in [6.07, 6.45) is 4.90. The van der Waals surface area contributed by atoms with Gasteiger partial charge in [-0.05, 0) is 48.9 Å². The molecule has 154 valence electrons. The molecule has 0 saturated heterocycles. The maximum atomic E-state index is 12.7. The number of amides is 1. The summed E-state index contributed by atoms with van der Waals surface area (Å²) in [7, 11) is 0. The molecule has 0 N–H and O–H groups in total. The molecule has 3 heterocycles. The quantitative estimate of drug-likeness (QED) is 0.438. The number of fused-ring (bicyclic) bond motifs is 2. The van der Waals surface area contributed by atoms with E-state index in [1.54, 1.807) is 41.3 Å². The number of hydrogen-bond acceptors (Lipinski definition) is 5. The highest BCUT2D eigenvalue weighted by molar-refractivity contribution is 6.30. The minimum Gasteiger partial charge on any atom is -0.463 e. The van der Waals surface area contributed by atoms with Gasteiger partial charge in [-0.1, -0.05) is 28.9 Å². The van der Waals surface area contributed by atoms with Gasteiger partial charge in [0.1, 0.15) is 17.5 Å². The number of carbonyl (C=O) groups is 1. The van der Waals surface area contributed by atoms with Crippen molar-refractivity contribution in [1.29, 1.82) is 0 Å². The molecule has 2 aromatic heterocycles. The lowest BCUT2D eigenvalue weighted by molar-refractivity contribution is -0.126. The largest absolute Gasteiger partial charge is 0.463 e. The second-order valence-corrected chi connectivity index (χ2v) is 7.74. The number of aromatic nitrogens is 1. The van der Waals surface area contributed by atoms with E-state index in [4.69, 9.17) is 20.5 Å². The van der Waals surface area contributed by atoms with Crippen molar-refractivity contribution in [1.82, 2.24) is 10.1 Å². The molecule has 0 saturated carbocycles. The zero-order valence-corrected chi connectivity index (χ0v) is 17.1. The Morgan fingerprint density at radius 1 is 1.13 bits per heavy atom. The monoisotopic (exact) mass is 432 g/mol. The normalized spacial score (nSPS) is 13.6. The van der Waals surface area contributed by atoms with Crippen LogP contribution in [0.1, 0.15) is 16.8 Å². The average molecular weight is 433 g/mol. The molecule has 2 aromatic carbocycles. The highest BCUT2D eigenvalue weighted by Crippen LogP contribution is 2.31. The Balaban J connectivity index is 1.34. The van der Waals surface area contributed by atoms with E-state index >= 15 is 0 Å². The third-order valence-electron chi connectivity index (χ3n) is 5.37. The van der Waals surface area contributed by atoms with Crippen LogP contribution in [-0.2, 0) is 17.8 Å². The number of hydrogen-bond donors (Lipinski definition) is 0. The molecule has 5 rings (SSSR count). The standard InChI is InChI=1S/C24H17ClN2O4/c25-17-8-5-15(6-9-17)24-18-11-12-27(13-20(18)26-31-24)22(28)10-7-16-14-30-21-4-2-1-3-19(21)23(16)29/h1-10,14H,11-13H2/b10-7+. The third-order valence-corrected chi connectivity index (χ3v) is 5.62. The number of halogens is 1. The highest BCUT2D eigenvalue weighted by atomic mass is 35.5. The Hall–Kier alpha value is -3.64. The smallest absolute Gasteiger partial charge is 0.246 e. The van der Waals surface area contributed by atoms with Crippen LogP contribution in [0.5, 0.6) is 0 Å². The lowest BCUT2D eigenvalue weighted by Gasteiger charge is -2.24. The van der Waals surface area contributed by atoms with E-state index in [0.717, 1.165) is 16.8 Å². The van der Waals surface area contributed by atoms with E-state index in [1.807, 2.05) is 12.1 Å². The fraction of sp³-hybridized carbons (Fsp3) is 0.125. The van der Waals surface area contributed by atoms with Crippen molar-refractivity contribution >= 4 is 34.6 Å². The third kappa shape index (κ3) is 3.66. The number of carbonyl (C=O) groups excluding carboxylic acids is 1. The molecular formula is C24H17ClN2O4. The van der Waals surface area contributed by atoms with Gasteiger partial charge >= 0.3 is 0 Å². The van der Waals surface area contributed by atoms with Crippen molar-refractivity contribution in [3.8, 4) is 11.3 Å². The molecule has 0 bridgehead atoms. The Bertz CT molecular complexity index is 1370. The van der Waals surface area contributed by atoms with Crippen molar-refractivity contribution in [2.24, 2.45) is 0 Å². The first-order valence-corrected chi connectivity index (χ1v) is 10.2. The van der Waals surface area contributed by atoms with E-state index < -0.39 is 0 Å². The van der Waals surface area contributed by atoms with Crippen LogP contribution in [0.4, 0.5) is 0 Å². The number of benzene rings is 2. The van der Waals surface area contributed by atoms with Crippen molar-refractivity contribution in [2.45, 2.75) is 13.0 Å². The molecule has 4 aromatic rings. The van der Waals surface area contributed by atoms with E-state index in [1.165, 1.54) is 18.4 Å². The first-order chi connectivity index (χ1) is 15.1. The fourth-order valence-corrected chi connectivity index (χ4v) is 3.85. The Morgan fingerprint density at radius 2 is 1.94 bits per heavy atom. The van der Waals surface area contributed by atoms with E-state index in [-0.39, 0.29) is 11.3 Å². The van der Waals surface area contributed by atoms with Crippen LogP contribution in [-0.4, -0.2) is 22.5 Å². The van der Waals surface area contributed by atoms with Crippen LogP contribution in [0.25, 0.3) is 28.4 Å². The second-order valence-electron chi connectivity index (χ2n) is 7.30. The first-order valence-electron chi connectivity index (χ1n) is 9.81. The minimum absolute atomic E-state index is 0.170. The summed E-state index contributed by atoms with van der Waals surface area (Å²) < 4.78 is 11.0. The SMILES string of the molecule is O=C(/C=C/c1coc2ccccc2c1=O)N1CCc2c(noc2-c2ccc(Cl)cc2)C1. The maximum Gasteiger partial charge on any atom is 0.246 e. The first kappa shape index (κ1) is 19.3. The summed E-state index contributed by atoms with van der Waals surface area (Å²) in [5.74, 6) is 0.511. The van der Waals surface area contributed by atoms with Gasteiger partial charge in [0, 0.05) is 28.8 Å². The van der Waals surface area contributed by atoms with Crippen molar-refractivity contribution < 1.29 is 13.7 Å². The van der Waals surface area contributed by atoms with E-state index in [2.05, 4.69) is 5.16 Å². The summed E-state index contributed by atoms with van der Waals surface area (Å²) in [4.78, 5) is 27.0. The predicted octanol–water partition coefficient (Wildman–Crippen LogP) is 4.70. The molecule has 6 nitrogen and oxygen atoms in total. The number of rotatable bonds is 3. The van der Waals surface area contributed by atoms with Gasteiger partial charge in [-0.3, -0.25) is 9.59 Å². The number of para-hydroxylation sites is 1. The molecule has 31 heavy (non-hydrogen) atoms. The topological polar surface area (TPSA) is 76.6 Å². The molecule has 0 fully saturated rings. The lowest BCUT2D eigenvalue weighted by Crippen LogP contribution is -2.34. The van der Waals surface area contributed by atoms with Gasteiger partial charge in [-0.15, -0.1) is 0 Å². The minimum atomic E-state index is -0.200. The van der Waals surface area contributed by atoms with Gasteiger partial charge in [-0.2, -0.15) is 0 Å². The Morgan fingerprint density at radius 3 is 2.77 bits per heavy atom. The van der Waals surface area contributed by atoms with Gasteiger partial charge < -0.3 is 13.8 Å². The summed E-state index contributed by atoms with van der Waals surface area (Å²) in [5, 5.41) is 5.30. The van der Waals surface area contributed by atoms with Crippen LogP contribution in [0.2, 0.25) is 5.02 Å². The van der Waals surface area contributed by atoms with Gasteiger partial charge in [0.05, 0.1) is 17.5 Å². The number of nitrogens with zero attached hydrogens (tertiary/aromatic N) is 2. The van der Waals surface area contributed by atoms with Crippen LogP contribution in [0.3, 0.4) is 0 Å². The Kier molecular flexibility index (Phi) is 4.92. The molecule has 7 heteroatoms. The van der Waals surface area contributed by atoms with Gasteiger partial charge in [0.2, 0.25) is 5.91 Å². The van der Waals surface area contributed by atoms with Gasteiger partial charge in [0.25, 0.3) is 0 Å². The van der Waals surface area contributed by atoms with Crippen LogP contribution >= 0.6 is 11.6 Å². The molecule has 0 aliphatic carbocycles. The van der Waals surface area contributed by atoms with Gasteiger partial charge in [0.15, 0.2) is 11.2 Å². The molecule has 0 spiro atoms. The fourth-order valence-electron chi connectivity index (χ4n) is 3.72. The van der Waals surface area contributed by atoms with Crippen molar-refractivity contribution in [2.75, 3.05) is 6.54 Å². The molecule has 1 aliphatic rings. The molecule has 0 unspecified atom stereocenters. The van der Waals surface area contributed by atoms with E-state index in [0.29, 0.717) is 46.8 Å². The summed E-state index contributed by atoms with van der Waals surface area (Å²) in [6.45, 7) is 0.881.